The van der Waals surface area contributed by atoms with Gasteiger partial charge in [-0.2, -0.15) is 0 Å². The molecular weight excluding hydrogens is 298 g/mol. The Kier molecular flexibility index (Phi) is 6.47. The Bertz CT molecular complexity index is 470. The summed E-state index contributed by atoms with van der Waals surface area (Å²) in [6, 6.07) is 0. The van der Waals surface area contributed by atoms with E-state index in [-0.39, 0.29) is 28.6 Å². The summed E-state index contributed by atoms with van der Waals surface area (Å²) in [5.74, 6) is 0.149. The Morgan fingerprint density at radius 1 is 1.05 bits per heavy atom. The lowest BCUT2D eigenvalue weighted by atomic mass is 9.90. The minimum atomic E-state index is -0.307. The summed E-state index contributed by atoms with van der Waals surface area (Å²) < 4.78 is 13.5. The molecule has 1 unspecified atom stereocenters. The monoisotopic (exact) mass is 329 g/mol. The third kappa shape index (κ3) is 5.25. The van der Waals surface area contributed by atoms with Crippen LogP contribution in [0.2, 0.25) is 0 Å². The number of ether oxygens (including phenoxy) is 1. The molecule has 5 nitrogen and oxygen atoms in total. The van der Waals surface area contributed by atoms with E-state index < -0.39 is 0 Å². The van der Waals surface area contributed by atoms with Crippen LogP contribution in [0.3, 0.4) is 0 Å². The van der Waals surface area contributed by atoms with Crippen molar-refractivity contribution in [2.24, 2.45) is 0 Å². The molecule has 0 fully saturated rings. The van der Waals surface area contributed by atoms with E-state index in [4.69, 9.17) is 8.92 Å². The first-order chi connectivity index (χ1) is 9.95. The summed E-state index contributed by atoms with van der Waals surface area (Å²) in [6.45, 7) is 18.6. The molecule has 0 aliphatic heterocycles. The fourth-order valence-corrected chi connectivity index (χ4v) is 2.65. The van der Waals surface area contributed by atoms with Crippen molar-refractivity contribution in [3.05, 3.63) is 11.9 Å². The maximum Gasteiger partial charge on any atom is 0.130 e. The van der Waals surface area contributed by atoms with E-state index in [9.17, 15) is 0 Å². The quantitative estimate of drug-likeness (QED) is 0.664. The number of hydrogen-bond donors (Lipinski definition) is 0. The van der Waals surface area contributed by atoms with Gasteiger partial charge in [0.2, 0.25) is 0 Å². The van der Waals surface area contributed by atoms with Crippen molar-refractivity contribution in [1.82, 2.24) is 15.0 Å². The van der Waals surface area contributed by atoms with Gasteiger partial charge in [-0.25, -0.2) is 4.68 Å². The maximum absolute atomic E-state index is 6.02. The van der Waals surface area contributed by atoms with Crippen molar-refractivity contribution in [3.63, 3.8) is 0 Å². The van der Waals surface area contributed by atoms with Gasteiger partial charge >= 0.3 is 0 Å². The predicted octanol–water partition coefficient (Wildman–Crippen LogP) is 4.35. The molecule has 22 heavy (non-hydrogen) atoms. The molecule has 1 aromatic heterocycles. The molecule has 0 aliphatic rings. The second-order valence-corrected chi connectivity index (χ2v) is 8.61. The maximum atomic E-state index is 6.02. The molecule has 0 N–H and O–H groups in total. The highest BCUT2D eigenvalue weighted by Gasteiger charge is 2.33. The van der Waals surface area contributed by atoms with Crippen LogP contribution in [0.15, 0.2) is 6.20 Å². The van der Waals surface area contributed by atoms with Gasteiger partial charge in [-0.1, -0.05) is 12.1 Å². The second-order valence-electron chi connectivity index (χ2n) is 7.25. The van der Waals surface area contributed by atoms with Crippen LogP contribution in [0.25, 0.3) is 0 Å². The Labute approximate surface area is 139 Å². The van der Waals surface area contributed by atoms with Gasteiger partial charge < -0.3 is 8.92 Å². The van der Waals surface area contributed by atoms with Gasteiger partial charge in [0.15, 0.2) is 0 Å². The van der Waals surface area contributed by atoms with Crippen LogP contribution in [0, 0.1) is 0 Å². The zero-order chi connectivity index (χ0) is 17.1. The van der Waals surface area contributed by atoms with Gasteiger partial charge in [-0.3, -0.25) is 0 Å². The third-order valence-electron chi connectivity index (χ3n) is 3.53. The van der Waals surface area contributed by atoms with Crippen LogP contribution in [0.4, 0.5) is 0 Å². The normalized spacial score (nSPS) is 14.9. The lowest BCUT2D eigenvalue weighted by molar-refractivity contribution is -0.0700. The number of hydrogen-bond acceptors (Lipinski definition) is 5. The van der Waals surface area contributed by atoms with E-state index in [0.29, 0.717) is 0 Å². The van der Waals surface area contributed by atoms with Crippen molar-refractivity contribution >= 4 is 12.0 Å². The number of rotatable bonds is 8. The lowest BCUT2D eigenvalue weighted by Gasteiger charge is -2.32. The fraction of sp³-hybridized carbons (Fsp3) is 0.875. The Morgan fingerprint density at radius 2 is 1.64 bits per heavy atom. The molecule has 128 valence electrons. The van der Waals surface area contributed by atoms with Crippen LogP contribution < -0.4 is 0 Å². The lowest BCUT2D eigenvalue weighted by Crippen LogP contribution is -2.34. The summed E-state index contributed by atoms with van der Waals surface area (Å²) in [4.78, 5) is -0.307. The van der Waals surface area contributed by atoms with Crippen molar-refractivity contribution in [3.8, 4) is 0 Å². The van der Waals surface area contributed by atoms with Crippen molar-refractivity contribution < 1.29 is 8.92 Å². The summed E-state index contributed by atoms with van der Waals surface area (Å²) in [7, 11) is 0. The van der Waals surface area contributed by atoms with Crippen LogP contribution in [-0.2, 0) is 13.8 Å². The van der Waals surface area contributed by atoms with Crippen molar-refractivity contribution in [2.75, 3.05) is 0 Å². The highest BCUT2D eigenvalue weighted by Crippen LogP contribution is 2.34. The van der Waals surface area contributed by atoms with Crippen LogP contribution in [0.1, 0.15) is 73.9 Å². The predicted molar refractivity (Wildman–Crippen MR) is 91.9 cm³/mol. The molecule has 1 aromatic rings. The van der Waals surface area contributed by atoms with Gasteiger partial charge in [-0.15, -0.1) is 5.10 Å². The standard InChI is InChI=1S/C16H31N3O2S/c1-11(2)20-15(6,7)13(5)14-10-19(18-17-14)16(8,9)22-21-12(3)4/h10-13H,1-9H3. The van der Waals surface area contributed by atoms with Crippen molar-refractivity contribution in [2.45, 2.75) is 90.9 Å². The number of nitrogens with zero attached hydrogens (tertiary/aromatic N) is 3. The first-order valence-electron chi connectivity index (χ1n) is 7.90. The fourth-order valence-electron chi connectivity index (χ4n) is 2.06. The largest absolute Gasteiger partial charge is 0.372 e. The van der Waals surface area contributed by atoms with Gasteiger partial charge in [0.25, 0.3) is 0 Å². The molecule has 0 radical (unpaired) electrons. The van der Waals surface area contributed by atoms with Gasteiger partial charge in [0, 0.05) is 18.0 Å². The zero-order valence-electron chi connectivity index (χ0n) is 15.4. The molecule has 0 bridgehead atoms. The van der Waals surface area contributed by atoms with Crippen LogP contribution in [-0.4, -0.2) is 32.8 Å². The molecule has 6 heteroatoms. The summed E-state index contributed by atoms with van der Waals surface area (Å²) in [5, 5.41) is 8.64. The van der Waals surface area contributed by atoms with E-state index in [2.05, 4.69) is 44.9 Å². The average Bonchev–Trinajstić information content (AvgIpc) is 2.84. The van der Waals surface area contributed by atoms with Crippen LogP contribution >= 0.6 is 12.0 Å². The van der Waals surface area contributed by atoms with E-state index in [1.807, 2.05) is 38.6 Å². The SMILES string of the molecule is CC(C)OSC(C)(C)n1cc(C(C)C(C)(C)OC(C)C)nn1. The third-order valence-corrected chi connectivity index (χ3v) is 4.61. The van der Waals surface area contributed by atoms with Crippen molar-refractivity contribution in [1.29, 1.82) is 0 Å². The first kappa shape index (κ1) is 19.5. The summed E-state index contributed by atoms with van der Waals surface area (Å²) in [6.07, 6.45) is 2.34. The van der Waals surface area contributed by atoms with E-state index >= 15 is 0 Å². The van der Waals surface area contributed by atoms with Gasteiger partial charge in [-0.05, 0) is 55.4 Å². The molecule has 0 saturated heterocycles. The minimum absolute atomic E-state index is 0.149. The molecule has 1 rings (SSSR count). The Hall–Kier alpha value is -0.590. The molecule has 0 aromatic carbocycles. The van der Waals surface area contributed by atoms with Gasteiger partial charge in [0.1, 0.15) is 4.87 Å². The topological polar surface area (TPSA) is 49.2 Å². The molecule has 1 heterocycles. The van der Waals surface area contributed by atoms with E-state index in [1.54, 1.807) is 0 Å². The number of aromatic nitrogens is 3. The smallest absolute Gasteiger partial charge is 0.130 e. The average molecular weight is 330 g/mol. The van der Waals surface area contributed by atoms with Gasteiger partial charge in [0.05, 0.1) is 29.7 Å². The van der Waals surface area contributed by atoms with Crippen LogP contribution in [0.5, 0.6) is 0 Å². The zero-order valence-corrected chi connectivity index (χ0v) is 16.2. The highest BCUT2D eigenvalue weighted by atomic mass is 32.2. The summed E-state index contributed by atoms with van der Waals surface area (Å²) in [5.41, 5.74) is 0.643. The second kappa shape index (κ2) is 7.32. The van der Waals surface area contributed by atoms with E-state index in [0.717, 1.165) is 5.69 Å². The summed E-state index contributed by atoms with van der Waals surface area (Å²) >= 11 is 1.41. The molecule has 0 amide bonds. The highest BCUT2D eigenvalue weighted by molar-refractivity contribution is 7.95. The van der Waals surface area contributed by atoms with E-state index in [1.165, 1.54) is 12.0 Å². The molecular formula is C16H31N3O2S. The Balaban J connectivity index is 2.86. The first-order valence-corrected chi connectivity index (χ1v) is 8.65. The molecule has 0 aliphatic carbocycles. The molecule has 0 saturated carbocycles. The minimum Gasteiger partial charge on any atom is -0.372 e. The Morgan fingerprint density at radius 3 is 2.14 bits per heavy atom. The molecule has 1 atom stereocenters. The molecule has 0 spiro atoms.